The second-order valence-electron chi connectivity index (χ2n) is 10.0. The molecule has 23 heteroatoms. The molecule has 0 heterocycles. The van der Waals surface area contributed by atoms with Gasteiger partial charge in [0.25, 0.3) is 0 Å². The first-order valence-corrected chi connectivity index (χ1v) is 15.7. The van der Waals surface area contributed by atoms with E-state index in [0.29, 0.717) is 26.4 Å². The summed E-state index contributed by atoms with van der Waals surface area (Å²) in [5.74, 6) is -30.3. The zero-order valence-electron chi connectivity index (χ0n) is 28.6. The van der Waals surface area contributed by atoms with Crippen molar-refractivity contribution in [2.75, 3.05) is 120 Å². The molecule has 0 atom stereocenters. The maximum Gasteiger partial charge on any atom is 0.652 e. The number of ether oxygens (including phenoxy) is 8. The van der Waals surface area contributed by atoms with Crippen LogP contribution in [-0.4, -0.2) is 127 Å². The molecule has 0 radical (unpaired) electrons. The fourth-order valence-electron chi connectivity index (χ4n) is 3.74. The van der Waals surface area contributed by atoms with E-state index in [9.17, 15) is 43.9 Å². The maximum absolute atomic E-state index is 14.7. The predicted molar refractivity (Wildman–Crippen MR) is 160 cm³/mol. The Balaban J connectivity index is 2.26. The summed E-state index contributed by atoms with van der Waals surface area (Å²) in [6, 6.07) is 0. The van der Waals surface area contributed by atoms with Crippen molar-refractivity contribution in [3.8, 4) is 11.5 Å². The van der Waals surface area contributed by atoms with Crippen LogP contribution in [-0.2, 0) is 47.2 Å². The molecule has 2 rings (SSSR count). The highest BCUT2D eigenvalue weighted by Gasteiger charge is 2.43. The molecule has 0 aliphatic rings. The molecule has 0 unspecified atom stereocenters. The van der Waals surface area contributed by atoms with E-state index >= 15 is 0 Å². The van der Waals surface area contributed by atoms with Crippen LogP contribution in [0.5, 0.6) is 11.5 Å². The first-order valence-electron chi connectivity index (χ1n) is 15.7. The van der Waals surface area contributed by atoms with E-state index in [1.54, 1.807) is 0 Å². The van der Waals surface area contributed by atoms with Crippen LogP contribution in [0.2, 0.25) is 0 Å². The molecule has 2 aromatic carbocycles. The minimum absolute atomic E-state index is 0.00949. The highest BCUT2D eigenvalue weighted by molar-refractivity contribution is 6.55. The van der Waals surface area contributed by atoms with Gasteiger partial charge < -0.3 is 56.5 Å². The van der Waals surface area contributed by atoms with E-state index in [4.69, 9.17) is 56.5 Å². The van der Waals surface area contributed by atoms with Crippen LogP contribution in [0.3, 0.4) is 0 Å². The number of halogens is 10. The predicted octanol–water partition coefficient (Wildman–Crippen LogP) is 4.40. The summed E-state index contributed by atoms with van der Waals surface area (Å²) in [7, 11) is 2.98. The van der Waals surface area contributed by atoms with Gasteiger partial charge in [-0.05, 0) is 0 Å². The van der Waals surface area contributed by atoms with E-state index in [1.165, 1.54) is 14.2 Å². The van der Waals surface area contributed by atoms with Crippen LogP contribution in [0.15, 0.2) is 0 Å². The largest absolute Gasteiger partial charge is 0.652 e. The Labute approximate surface area is 297 Å². The first kappa shape index (κ1) is 46.2. The van der Waals surface area contributed by atoms with Gasteiger partial charge in [0.2, 0.25) is 58.2 Å². The third-order valence-electron chi connectivity index (χ3n) is 6.31. The topological polar surface area (TPSA) is 111 Å². The zero-order chi connectivity index (χ0) is 39.2. The van der Waals surface area contributed by atoms with Gasteiger partial charge in [0.05, 0.1) is 92.5 Å². The normalized spacial score (nSPS) is 11.8. The van der Waals surface area contributed by atoms with Gasteiger partial charge >= 0.3 is 6.96 Å². The van der Waals surface area contributed by atoms with Crippen molar-refractivity contribution in [2.24, 2.45) is 0 Å². The van der Waals surface area contributed by atoms with Crippen LogP contribution >= 0.6 is 0 Å². The van der Waals surface area contributed by atoms with Crippen LogP contribution < -0.4 is 9.31 Å². The lowest BCUT2D eigenvalue weighted by molar-refractivity contribution is -0.0252. The summed E-state index contributed by atoms with van der Waals surface area (Å²) < 4.78 is 204. The minimum Gasteiger partial charge on any atom is -0.630 e. The van der Waals surface area contributed by atoms with Crippen LogP contribution in [0, 0.1) is 58.2 Å². The van der Waals surface area contributed by atoms with Crippen LogP contribution in [0.1, 0.15) is 0 Å². The molecule has 12 nitrogen and oxygen atoms in total. The van der Waals surface area contributed by atoms with Crippen LogP contribution in [0.4, 0.5) is 43.9 Å². The second-order valence-corrected chi connectivity index (χ2v) is 10.0. The molecule has 0 amide bonds. The highest BCUT2D eigenvalue weighted by Crippen LogP contribution is 2.35. The van der Waals surface area contributed by atoms with Gasteiger partial charge in [-0.15, -0.1) is 0 Å². The van der Waals surface area contributed by atoms with E-state index in [1.807, 2.05) is 0 Å². The minimum atomic E-state index is -4.75. The fourth-order valence-corrected chi connectivity index (χ4v) is 3.74. The summed E-state index contributed by atoms with van der Waals surface area (Å²) >= 11 is 0. The van der Waals surface area contributed by atoms with Crippen molar-refractivity contribution >= 4 is 6.96 Å². The lowest BCUT2D eigenvalue weighted by atomic mass is 10.0. The third-order valence-corrected chi connectivity index (χ3v) is 6.31. The Bertz CT molecular complexity index is 1220. The van der Waals surface area contributed by atoms with Gasteiger partial charge in [-0.25, -0.2) is 26.3 Å². The molecule has 0 bridgehead atoms. The van der Waals surface area contributed by atoms with Gasteiger partial charge in [0, 0.05) is 27.4 Å². The SMILES string of the molecule is COCCOCCOCCOCCO[B-](OCCOCCOCCOCCOC)(Oc1c(F)c(F)c(F)c(F)c1F)Oc1c(F)c(F)c(F)c(F)c1F. The Hall–Kier alpha value is -3.00. The Morgan fingerprint density at radius 3 is 0.755 bits per heavy atom. The Kier molecular flexibility index (Phi) is 21.9. The molecular weight excluding hydrogens is 753 g/mol. The van der Waals surface area contributed by atoms with Crippen molar-refractivity contribution in [1.29, 1.82) is 0 Å². The molecule has 53 heavy (non-hydrogen) atoms. The van der Waals surface area contributed by atoms with E-state index < -0.39 is 103 Å². The highest BCUT2D eigenvalue weighted by atomic mass is 19.2. The summed E-state index contributed by atoms with van der Waals surface area (Å²) in [5.41, 5.74) is 0. The summed E-state index contributed by atoms with van der Waals surface area (Å²) in [5, 5.41) is 0. The maximum atomic E-state index is 14.7. The van der Waals surface area contributed by atoms with Crippen LogP contribution in [0.25, 0.3) is 0 Å². The molecule has 0 aliphatic heterocycles. The standard InChI is InChI=1S/C30H38BF10O12/c1-42-3-5-44-7-9-46-11-13-48-15-17-50-31(52-29-25(38)21(34)19(32)22(35)26(29)39,53-30-27(40)23(36)20(33)24(37)28(30)41)51-18-16-49-14-12-47-10-8-45-6-4-43-2/h3-18H2,1-2H3/q-1. The van der Waals surface area contributed by atoms with Crippen molar-refractivity contribution in [2.45, 2.75) is 0 Å². The number of hydrogen-bond donors (Lipinski definition) is 0. The van der Waals surface area contributed by atoms with Crippen molar-refractivity contribution in [3.63, 3.8) is 0 Å². The molecule has 304 valence electrons. The molecule has 0 N–H and O–H groups in total. The number of hydrogen-bond acceptors (Lipinski definition) is 12. The quantitative estimate of drug-likeness (QED) is 0.0368. The zero-order valence-corrected chi connectivity index (χ0v) is 28.6. The molecule has 0 saturated heterocycles. The number of rotatable bonds is 30. The average Bonchev–Trinajstić information content (AvgIpc) is 3.15. The monoisotopic (exact) mass is 791 g/mol. The molecular formula is C30H38BF10O12-. The first-order chi connectivity index (χ1) is 25.4. The third kappa shape index (κ3) is 15.0. The van der Waals surface area contributed by atoms with Gasteiger partial charge in [-0.1, -0.05) is 0 Å². The van der Waals surface area contributed by atoms with Crippen molar-refractivity contribution in [3.05, 3.63) is 58.2 Å². The Morgan fingerprint density at radius 1 is 0.302 bits per heavy atom. The molecule has 0 saturated carbocycles. The summed E-state index contributed by atoms with van der Waals surface area (Å²) in [6.07, 6.45) is 0. The molecule has 0 fully saturated rings. The molecule has 2 aromatic rings. The van der Waals surface area contributed by atoms with Gasteiger partial charge in [-0.2, -0.15) is 17.6 Å². The van der Waals surface area contributed by atoms with Gasteiger partial charge in [-0.3, -0.25) is 0 Å². The van der Waals surface area contributed by atoms with E-state index in [-0.39, 0.29) is 52.9 Å². The smallest absolute Gasteiger partial charge is 0.630 e. The number of methoxy groups -OCH3 is 2. The fraction of sp³-hybridized carbons (Fsp3) is 0.600. The molecule has 0 aliphatic carbocycles. The average molecular weight is 791 g/mol. The number of benzene rings is 2. The van der Waals surface area contributed by atoms with E-state index in [2.05, 4.69) is 0 Å². The Morgan fingerprint density at radius 2 is 0.509 bits per heavy atom. The summed E-state index contributed by atoms with van der Waals surface area (Å²) in [4.78, 5) is 0. The van der Waals surface area contributed by atoms with Crippen molar-refractivity contribution < 1.29 is 100 Å². The van der Waals surface area contributed by atoms with Gasteiger partial charge in [0.15, 0.2) is 11.5 Å². The van der Waals surface area contributed by atoms with Crippen molar-refractivity contribution in [1.82, 2.24) is 0 Å². The van der Waals surface area contributed by atoms with Gasteiger partial charge in [0.1, 0.15) is 0 Å². The molecule has 0 aromatic heterocycles. The van der Waals surface area contributed by atoms with E-state index in [0.717, 1.165) is 0 Å². The lowest BCUT2D eigenvalue weighted by Crippen LogP contribution is -2.56. The molecule has 0 spiro atoms. The second kappa shape index (κ2) is 25.2. The lowest BCUT2D eigenvalue weighted by Gasteiger charge is -2.41. The summed E-state index contributed by atoms with van der Waals surface area (Å²) in [6.45, 7) is -5.67.